The van der Waals surface area contributed by atoms with E-state index in [1.54, 1.807) is 24.3 Å². The number of benzene rings is 3. The summed E-state index contributed by atoms with van der Waals surface area (Å²) in [5.74, 6) is -0.370. The number of oxazole rings is 1. The van der Waals surface area contributed by atoms with Gasteiger partial charge in [-0.25, -0.2) is 14.2 Å². The third kappa shape index (κ3) is 5.56. The van der Waals surface area contributed by atoms with E-state index in [4.69, 9.17) is 4.42 Å². The third-order valence-electron chi connectivity index (χ3n) is 6.71. The molecule has 0 saturated heterocycles. The lowest BCUT2D eigenvalue weighted by atomic mass is 9.98. The first-order valence-electron chi connectivity index (χ1n) is 12.8. The highest BCUT2D eigenvalue weighted by Crippen LogP contribution is 2.45. The Morgan fingerprint density at radius 2 is 1.68 bits per heavy atom. The van der Waals surface area contributed by atoms with Gasteiger partial charge < -0.3 is 28.1 Å². The molecule has 6 rings (SSSR count). The largest absolute Gasteiger partial charge is 0.586 e. The molecule has 5 aromatic rings. The molecule has 1 unspecified atom stereocenters. The summed E-state index contributed by atoms with van der Waals surface area (Å²) >= 11 is -2.28. The second kappa shape index (κ2) is 10.8. The Kier molecular flexibility index (Phi) is 7.26. The van der Waals surface area contributed by atoms with E-state index in [-0.39, 0.29) is 69.4 Å². The maximum absolute atomic E-state index is 13.7. The number of imidazole rings is 1. The highest BCUT2D eigenvalue weighted by molar-refractivity contribution is 7.79. The summed E-state index contributed by atoms with van der Waals surface area (Å²) in [6, 6.07) is 14.9. The van der Waals surface area contributed by atoms with Gasteiger partial charge in [-0.2, -0.15) is 13.2 Å². The Hall–Kier alpha value is -4.60. The summed E-state index contributed by atoms with van der Waals surface area (Å²) in [4.78, 5) is 8.32. The predicted molar refractivity (Wildman–Crippen MR) is 146 cm³/mol. The van der Waals surface area contributed by atoms with Gasteiger partial charge in [0.2, 0.25) is 0 Å². The van der Waals surface area contributed by atoms with Gasteiger partial charge in [-0.15, -0.1) is 8.78 Å². The van der Waals surface area contributed by atoms with Crippen molar-refractivity contribution < 1.29 is 49.7 Å². The van der Waals surface area contributed by atoms with Crippen molar-refractivity contribution in [3.05, 3.63) is 84.3 Å². The maximum Gasteiger partial charge on any atom is 0.586 e. The second-order valence-corrected chi connectivity index (χ2v) is 10.6. The van der Waals surface area contributed by atoms with Crippen molar-refractivity contribution in [2.45, 2.75) is 30.7 Å². The first kappa shape index (κ1) is 29.5. The average Bonchev–Trinajstić information content (AvgIpc) is 3.66. The van der Waals surface area contributed by atoms with E-state index in [0.29, 0.717) is 11.1 Å². The van der Waals surface area contributed by atoms with E-state index in [1.807, 2.05) is 0 Å². The number of hydrogen-bond acceptors (Lipinski definition) is 7. The fourth-order valence-corrected chi connectivity index (χ4v) is 5.21. The number of hydrogen-bond donors (Lipinski definition) is 2. The maximum atomic E-state index is 13.7. The number of aryl methyl sites for hydroxylation is 1. The first-order chi connectivity index (χ1) is 20.8. The molecule has 1 atom stereocenters. The third-order valence-corrected chi connectivity index (χ3v) is 7.37. The van der Waals surface area contributed by atoms with Crippen molar-refractivity contribution in [3.63, 3.8) is 0 Å². The van der Waals surface area contributed by atoms with Crippen molar-refractivity contribution in [2.24, 2.45) is 0 Å². The molecular weight excluding hydrogens is 613 g/mol. The van der Waals surface area contributed by atoms with Crippen LogP contribution in [0.1, 0.15) is 17.4 Å². The van der Waals surface area contributed by atoms with Crippen LogP contribution in [0.5, 0.6) is 11.5 Å². The lowest BCUT2D eigenvalue weighted by molar-refractivity contribution is -0.286. The number of aliphatic hydroxyl groups is 1. The minimum Gasteiger partial charge on any atom is -0.440 e. The van der Waals surface area contributed by atoms with Gasteiger partial charge >= 0.3 is 12.5 Å². The highest BCUT2D eigenvalue weighted by Gasteiger charge is 2.43. The molecule has 0 aliphatic carbocycles. The van der Waals surface area contributed by atoms with Crippen LogP contribution in [0.2, 0.25) is 0 Å². The molecule has 9 nitrogen and oxygen atoms in total. The van der Waals surface area contributed by atoms with Crippen LogP contribution in [0.15, 0.2) is 76.2 Å². The monoisotopic (exact) mass is 633 g/mol. The number of ether oxygens (including phenoxy) is 2. The summed E-state index contributed by atoms with van der Waals surface area (Å²) < 4.78 is 106. The van der Waals surface area contributed by atoms with Crippen LogP contribution in [-0.2, 0) is 23.7 Å². The first-order valence-corrected chi connectivity index (χ1v) is 13.9. The Morgan fingerprint density at radius 1 is 0.955 bits per heavy atom. The zero-order valence-electron chi connectivity index (χ0n) is 22.4. The zero-order valence-corrected chi connectivity index (χ0v) is 23.2. The molecular formula is C29H20F5N3O6S. The van der Waals surface area contributed by atoms with Gasteiger partial charge in [0.15, 0.2) is 39.9 Å². The van der Waals surface area contributed by atoms with Crippen LogP contribution in [0, 0.1) is 6.92 Å². The molecule has 1 aliphatic heterocycles. The van der Waals surface area contributed by atoms with Gasteiger partial charge in [0.1, 0.15) is 11.5 Å². The van der Waals surface area contributed by atoms with Crippen molar-refractivity contribution in [2.75, 3.05) is 6.61 Å². The minimum absolute atomic E-state index is 0.00920. The Balaban J connectivity index is 1.59. The molecule has 15 heteroatoms. The number of alkyl halides is 5. The van der Waals surface area contributed by atoms with E-state index in [9.17, 15) is 35.8 Å². The summed E-state index contributed by atoms with van der Waals surface area (Å²) in [7, 11) is 0. The molecule has 0 radical (unpaired) electrons. The fourth-order valence-electron chi connectivity index (χ4n) is 4.79. The van der Waals surface area contributed by atoms with E-state index >= 15 is 0 Å². The predicted octanol–water partition coefficient (Wildman–Crippen LogP) is 6.63. The molecule has 0 fully saturated rings. The highest BCUT2D eigenvalue weighted by atomic mass is 32.2. The molecule has 44 heavy (non-hydrogen) atoms. The van der Waals surface area contributed by atoms with Crippen molar-refractivity contribution in [1.82, 2.24) is 14.5 Å². The van der Waals surface area contributed by atoms with Gasteiger partial charge in [0.25, 0.3) is 0 Å². The smallest absolute Gasteiger partial charge is 0.440 e. The normalized spacial score (nSPS) is 14.6. The lowest BCUT2D eigenvalue weighted by Gasteiger charge is -2.14. The average molecular weight is 634 g/mol. The quantitative estimate of drug-likeness (QED) is 0.152. The number of fused-ring (bicyclic) bond motifs is 1. The number of rotatable bonds is 7. The molecule has 228 valence electrons. The molecule has 0 spiro atoms. The Labute approximate surface area is 247 Å². The fraction of sp³-hybridized carbons (Fsp3) is 0.172. The van der Waals surface area contributed by atoms with E-state index in [2.05, 4.69) is 19.4 Å². The second-order valence-electron chi connectivity index (χ2n) is 9.64. The number of nitrogens with zero attached hydrogens (tertiary/aromatic N) is 3. The van der Waals surface area contributed by atoms with Crippen LogP contribution in [0.25, 0.3) is 39.4 Å². The summed E-state index contributed by atoms with van der Waals surface area (Å²) in [5.41, 5.74) is 0.700. The zero-order chi connectivity index (χ0) is 31.4. The summed E-state index contributed by atoms with van der Waals surface area (Å²) in [6.07, 6.45) is -7.80. The number of aromatic nitrogens is 3. The number of halogens is 5. The van der Waals surface area contributed by atoms with Gasteiger partial charge in [-0.1, -0.05) is 18.2 Å². The van der Waals surface area contributed by atoms with E-state index < -0.39 is 29.2 Å². The molecule has 0 saturated carbocycles. The van der Waals surface area contributed by atoms with Gasteiger partial charge in [0, 0.05) is 23.7 Å². The molecule has 1 aliphatic rings. The Bertz CT molecular complexity index is 1920. The summed E-state index contributed by atoms with van der Waals surface area (Å²) in [6.45, 7) is 1.05. The van der Waals surface area contributed by atoms with Crippen molar-refractivity contribution in [3.8, 4) is 50.9 Å². The molecule has 3 heterocycles. The van der Waals surface area contributed by atoms with E-state index in [1.165, 1.54) is 47.9 Å². The molecule has 3 aromatic carbocycles. The molecule has 2 aromatic heterocycles. The minimum atomic E-state index is -4.72. The molecule has 0 amide bonds. The lowest BCUT2D eigenvalue weighted by Crippen LogP contribution is -2.25. The van der Waals surface area contributed by atoms with Crippen LogP contribution in [0.3, 0.4) is 0 Å². The van der Waals surface area contributed by atoms with Crippen LogP contribution < -0.4 is 9.47 Å². The van der Waals surface area contributed by atoms with Gasteiger partial charge in [-0.05, 0) is 60.5 Å². The van der Waals surface area contributed by atoms with Gasteiger partial charge in [-0.3, -0.25) is 0 Å². The van der Waals surface area contributed by atoms with Crippen molar-refractivity contribution >= 4 is 11.1 Å². The SMILES string of the molecule is Cc1nc(C(F)(F)F)cn1-c1ccc(-c2cccc(S(=O)O)c2)cc1-c1nc(CCO)oc1-c1ccc2c(c1)OC(F)(F)O2. The topological polar surface area (TPSA) is 120 Å². The van der Waals surface area contributed by atoms with Crippen LogP contribution in [0.4, 0.5) is 22.0 Å². The van der Waals surface area contributed by atoms with Crippen LogP contribution in [-0.4, -0.2) is 41.3 Å². The standard InChI is InChI=1S/C29H20F5N3O6S/c1-15-35-24(28(30,31)32)14-37(15)21-7-5-17(16-3-2-4-19(11-16)44(39)40)12-20(21)26-27(41-25(36-26)9-10-38)18-6-8-22-23(13-18)43-29(33,34)42-22/h2-8,11-14,38H,9-10H2,1H3,(H,39,40). The number of aliphatic hydroxyl groups excluding tert-OH is 1. The molecule has 0 bridgehead atoms. The molecule has 2 N–H and O–H groups in total. The van der Waals surface area contributed by atoms with Gasteiger partial charge in [0.05, 0.1) is 17.2 Å². The van der Waals surface area contributed by atoms with E-state index in [0.717, 1.165) is 6.20 Å². The van der Waals surface area contributed by atoms with Crippen LogP contribution >= 0.6 is 0 Å². The summed E-state index contributed by atoms with van der Waals surface area (Å²) in [5, 5.41) is 9.57. The Morgan fingerprint density at radius 3 is 2.39 bits per heavy atom. The van der Waals surface area contributed by atoms with Crippen molar-refractivity contribution in [1.29, 1.82) is 0 Å².